The molecule has 1 aliphatic heterocycles. The quantitative estimate of drug-likeness (QED) is 0.843. The summed E-state index contributed by atoms with van der Waals surface area (Å²) in [5.41, 5.74) is 4.54. The molecule has 0 bridgehead atoms. The maximum Gasteiger partial charge on any atom is 0.0403 e. The summed E-state index contributed by atoms with van der Waals surface area (Å²) in [6.45, 7) is 7.95. The monoisotopic (exact) mass is 232 g/mol. The number of benzene rings is 1. The van der Waals surface area contributed by atoms with Crippen molar-refractivity contribution in [2.45, 2.75) is 45.2 Å². The first kappa shape index (κ1) is 12.4. The third kappa shape index (κ3) is 2.19. The molecule has 1 atom stereocenters. The molecule has 0 amide bonds. The van der Waals surface area contributed by atoms with Crippen molar-refractivity contribution in [3.05, 3.63) is 29.3 Å². The van der Waals surface area contributed by atoms with Crippen LogP contribution in [0.25, 0.3) is 0 Å². The molecule has 1 aromatic carbocycles. The Balaban J connectivity index is 2.42. The van der Waals surface area contributed by atoms with Crippen LogP contribution in [0.4, 0.5) is 5.69 Å². The fraction of sp³-hybridized carbons (Fsp3) is 0.600. The Morgan fingerprint density at radius 2 is 2.12 bits per heavy atom. The molecular formula is C15H24N2. The summed E-state index contributed by atoms with van der Waals surface area (Å²) in [6, 6.07) is 6.88. The first-order valence-corrected chi connectivity index (χ1v) is 6.47. The highest BCUT2D eigenvalue weighted by molar-refractivity contribution is 5.60. The molecule has 0 fully saturated rings. The molecule has 1 aromatic rings. The van der Waals surface area contributed by atoms with Gasteiger partial charge in [0.2, 0.25) is 0 Å². The Kier molecular flexibility index (Phi) is 3.17. The third-order valence-electron chi connectivity index (χ3n) is 4.08. The molecule has 0 saturated carbocycles. The van der Waals surface area contributed by atoms with Gasteiger partial charge in [0, 0.05) is 24.8 Å². The summed E-state index contributed by atoms with van der Waals surface area (Å²) < 4.78 is 0. The Morgan fingerprint density at radius 1 is 1.41 bits per heavy atom. The van der Waals surface area contributed by atoms with Crippen molar-refractivity contribution < 1.29 is 0 Å². The van der Waals surface area contributed by atoms with Gasteiger partial charge in [0.1, 0.15) is 0 Å². The first-order chi connectivity index (χ1) is 7.95. The number of hydrogen-bond acceptors (Lipinski definition) is 2. The Bertz CT molecular complexity index is 409. The summed E-state index contributed by atoms with van der Waals surface area (Å²) in [7, 11) is 4.21. The van der Waals surface area contributed by atoms with Gasteiger partial charge in [-0.25, -0.2) is 0 Å². The smallest absolute Gasteiger partial charge is 0.0403 e. The second kappa shape index (κ2) is 4.34. The Morgan fingerprint density at radius 3 is 2.76 bits per heavy atom. The van der Waals surface area contributed by atoms with Crippen molar-refractivity contribution in [2.75, 3.05) is 19.0 Å². The molecular weight excluding hydrogens is 208 g/mol. The SMILES string of the molecule is CNCc1ccc2c(c1)[C@H](C)CC(C)(C)N2C. The van der Waals surface area contributed by atoms with E-state index in [1.54, 1.807) is 0 Å². The summed E-state index contributed by atoms with van der Waals surface area (Å²) >= 11 is 0. The van der Waals surface area contributed by atoms with Crippen LogP contribution in [0.2, 0.25) is 0 Å². The van der Waals surface area contributed by atoms with Crippen molar-refractivity contribution in [3.8, 4) is 0 Å². The molecule has 0 radical (unpaired) electrons. The molecule has 0 aliphatic carbocycles. The van der Waals surface area contributed by atoms with Crippen LogP contribution in [0, 0.1) is 0 Å². The van der Waals surface area contributed by atoms with E-state index in [9.17, 15) is 0 Å². The van der Waals surface area contributed by atoms with Crippen LogP contribution in [0.5, 0.6) is 0 Å². The number of nitrogens with one attached hydrogen (secondary N) is 1. The minimum atomic E-state index is 0.261. The maximum absolute atomic E-state index is 3.22. The maximum atomic E-state index is 3.22. The molecule has 1 N–H and O–H groups in total. The standard InChI is InChI=1S/C15H24N2/c1-11-9-15(2,3)17(5)14-7-6-12(10-16-4)8-13(11)14/h6-8,11,16H,9-10H2,1-5H3/t11-/m1/s1. The summed E-state index contributed by atoms with van der Waals surface area (Å²) in [5.74, 6) is 0.646. The van der Waals surface area contributed by atoms with Crippen molar-refractivity contribution in [3.63, 3.8) is 0 Å². The fourth-order valence-corrected chi connectivity index (χ4v) is 2.94. The average Bonchev–Trinajstić information content (AvgIpc) is 2.26. The lowest BCUT2D eigenvalue weighted by Crippen LogP contribution is -2.45. The lowest BCUT2D eigenvalue weighted by Gasteiger charge is -2.45. The molecule has 0 unspecified atom stereocenters. The Labute approximate surface area is 105 Å². The second-order valence-electron chi connectivity index (χ2n) is 5.90. The molecule has 1 aliphatic rings. The van der Waals surface area contributed by atoms with E-state index in [0.29, 0.717) is 5.92 Å². The molecule has 2 heteroatoms. The number of fused-ring (bicyclic) bond motifs is 1. The van der Waals surface area contributed by atoms with Crippen LogP contribution < -0.4 is 10.2 Å². The van der Waals surface area contributed by atoms with E-state index in [1.165, 1.54) is 23.2 Å². The van der Waals surface area contributed by atoms with Crippen LogP contribution in [0.15, 0.2) is 18.2 Å². The summed E-state index contributed by atoms with van der Waals surface area (Å²) in [4.78, 5) is 2.42. The van der Waals surface area contributed by atoms with Crippen molar-refractivity contribution in [1.29, 1.82) is 0 Å². The lowest BCUT2D eigenvalue weighted by atomic mass is 9.80. The number of anilines is 1. The molecule has 0 aromatic heterocycles. The highest BCUT2D eigenvalue weighted by atomic mass is 15.2. The van der Waals surface area contributed by atoms with E-state index in [2.05, 4.69) is 56.2 Å². The van der Waals surface area contributed by atoms with Crippen LogP contribution >= 0.6 is 0 Å². The van der Waals surface area contributed by atoms with Gasteiger partial charge in [-0.2, -0.15) is 0 Å². The predicted octanol–water partition coefficient (Wildman–Crippen LogP) is 3.13. The van der Waals surface area contributed by atoms with Crippen molar-refractivity contribution in [1.82, 2.24) is 5.32 Å². The van der Waals surface area contributed by atoms with Gasteiger partial charge in [-0.3, -0.25) is 0 Å². The van der Waals surface area contributed by atoms with Crippen molar-refractivity contribution >= 4 is 5.69 Å². The molecule has 2 rings (SSSR count). The van der Waals surface area contributed by atoms with Crippen molar-refractivity contribution in [2.24, 2.45) is 0 Å². The van der Waals surface area contributed by atoms with Crippen LogP contribution in [0.3, 0.4) is 0 Å². The molecule has 0 spiro atoms. The van der Waals surface area contributed by atoms with E-state index in [1.807, 2.05) is 7.05 Å². The minimum Gasteiger partial charge on any atom is -0.369 e. The zero-order valence-corrected chi connectivity index (χ0v) is 11.7. The van der Waals surface area contributed by atoms with E-state index in [4.69, 9.17) is 0 Å². The number of rotatable bonds is 2. The van der Waals surface area contributed by atoms with Crippen LogP contribution in [0.1, 0.15) is 44.2 Å². The number of hydrogen-bond donors (Lipinski definition) is 1. The van der Waals surface area contributed by atoms with E-state index in [0.717, 1.165) is 6.54 Å². The van der Waals surface area contributed by atoms with Gasteiger partial charge in [-0.15, -0.1) is 0 Å². The zero-order chi connectivity index (χ0) is 12.6. The average molecular weight is 232 g/mol. The van der Waals surface area contributed by atoms with Crippen LogP contribution in [-0.2, 0) is 6.54 Å². The van der Waals surface area contributed by atoms with Crippen LogP contribution in [-0.4, -0.2) is 19.6 Å². The normalized spacial score (nSPS) is 22.4. The molecule has 2 nitrogen and oxygen atoms in total. The van der Waals surface area contributed by atoms with E-state index in [-0.39, 0.29) is 5.54 Å². The van der Waals surface area contributed by atoms with Gasteiger partial charge >= 0.3 is 0 Å². The van der Waals surface area contributed by atoms with E-state index >= 15 is 0 Å². The molecule has 1 heterocycles. The number of nitrogens with zero attached hydrogens (tertiary/aromatic N) is 1. The zero-order valence-electron chi connectivity index (χ0n) is 11.7. The third-order valence-corrected chi connectivity index (χ3v) is 4.08. The predicted molar refractivity (Wildman–Crippen MR) is 74.7 cm³/mol. The van der Waals surface area contributed by atoms with Gasteiger partial charge in [-0.1, -0.05) is 19.1 Å². The highest BCUT2D eigenvalue weighted by Crippen LogP contribution is 2.42. The minimum absolute atomic E-state index is 0.261. The molecule has 94 valence electrons. The highest BCUT2D eigenvalue weighted by Gasteiger charge is 2.33. The summed E-state index contributed by atoms with van der Waals surface area (Å²) in [6.07, 6.45) is 1.22. The van der Waals surface area contributed by atoms with Gasteiger partial charge < -0.3 is 10.2 Å². The largest absolute Gasteiger partial charge is 0.369 e. The molecule has 0 saturated heterocycles. The lowest BCUT2D eigenvalue weighted by molar-refractivity contribution is 0.395. The first-order valence-electron chi connectivity index (χ1n) is 6.47. The van der Waals surface area contributed by atoms with Gasteiger partial charge in [0.25, 0.3) is 0 Å². The van der Waals surface area contributed by atoms with Gasteiger partial charge in [-0.05, 0) is 50.4 Å². The summed E-state index contributed by atoms with van der Waals surface area (Å²) in [5, 5.41) is 3.22. The van der Waals surface area contributed by atoms with E-state index < -0.39 is 0 Å². The topological polar surface area (TPSA) is 15.3 Å². The fourth-order valence-electron chi connectivity index (χ4n) is 2.94. The Hall–Kier alpha value is -1.02. The van der Waals surface area contributed by atoms with Gasteiger partial charge in [0.05, 0.1) is 0 Å². The second-order valence-corrected chi connectivity index (χ2v) is 5.90. The molecule has 17 heavy (non-hydrogen) atoms. The van der Waals surface area contributed by atoms with Gasteiger partial charge in [0.15, 0.2) is 0 Å².